The number of imidazole rings is 8. The van der Waals surface area contributed by atoms with E-state index in [0.29, 0.717) is 24.2 Å². The van der Waals surface area contributed by atoms with Gasteiger partial charge in [-0.15, -0.1) is 22.7 Å². The van der Waals surface area contributed by atoms with Gasteiger partial charge in [-0.1, -0.05) is 178 Å². The zero-order valence-corrected chi connectivity index (χ0v) is 83.8. The largest absolute Gasteiger partial charge is 0.353 e. The molecule has 6 fully saturated rings. The molecule has 10 aromatic heterocycles. The van der Waals surface area contributed by atoms with E-state index in [9.17, 15) is 0 Å². The van der Waals surface area contributed by atoms with Crippen LogP contribution in [0.2, 0.25) is 0 Å². The fourth-order valence-electron chi connectivity index (χ4n) is 31.3. The van der Waals surface area contributed by atoms with Crippen LogP contribution in [0, 0.1) is 69.1 Å². The van der Waals surface area contributed by atoms with Gasteiger partial charge in [0.15, 0.2) is 0 Å². The lowest BCUT2D eigenvalue weighted by molar-refractivity contribution is -0.0629. The smallest absolute Gasteiger partial charge is 0.214 e. The highest BCUT2D eigenvalue weighted by molar-refractivity contribution is 7.37. The molecule has 682 valence electrons. The van der Waals surface area contributed by atoms with E-state index < -0.39 is 0 Å². The average Bonchev–Trinajstić information content (AvgIpc) is 1.50. The lowest BCUT2D eigenvalue weighted by Gasteiger charge is -2.63. The summed E-state index contributed by atoms with van der Waals surface area (Å²) in [6, 6.07) is 44.6. The topological polar surface area (TPSA) is 105 Å². The van der Waals surface area contributed by atoms with Crippen LogP contribution >= 0.6 is 22.7 Å². The number of anilines is 5. The molecule has 7 aliphatic heterocycles. The van der Waals surface area contributed by atoms with Crippen LogP contribution < -0.4 is 24.5 Å². The number of aryl methyl sites for hydroxylation is 9. The van der Waals surface area contributed by atoms with Gasteiger partial charge in [-0.2, -0.15) is 0 Å². The minimum absolute atomic E-state index is 0.00771. The van der Waals surface area contributed by atoms with E-state index in [1.54, 1.807) is 16.1 Å². The molecule has 131 heavy (non-hydrogen) atoms. The van der Waals surface area contributed by atoms with Crippen molar-refractivity contribution in [1.82, 2.24) is 55.8 Å². The van der Waals surface area contributed by atoms with Gasteiger partial charge in [-0.05, 0) is 250 Å². The monoisotopic (exact) mass is 1780 g/mol. The van der Waals surface area contributed by atoms with Crippen LogP contribution in [0.4, 0.5) is 28.4 Å². The minimum atomic E-state index is -0.125. The lowest BCUT2D eigenvalue weighted by Crippen LogP contribution is -2.62. The predicted molar refractivity (Wildman–Crippen MR) is 539 cm³/mol. The van der Waals surface area contributed by atoms with Crippen LogP contribution in [-0.2, 0) is 66.7 Å². The third kappa shape index (κ3) is 10.6. The van der Waals surface area contributed by atoms with Crippen molar-refractivity contribution >= 4 is 83.6 Å². The summed E-state index contributed by atoms with van der Waals surface area (Å²) in [5.74, 6) is 7.75. The number of para-hydroxylation sites is 5. The first kappa shape index (κ1) is 85.0. The summed E-state index contributed by atoms with van der Waals surface area (Å²) in [7, 11) is 8.84. The fraction of sp³-hybridized carbons (Fsp3) is 0.500. The number of aromatic nitrogens is 12. The van der Waals surface area contributed by atoms with E-state index in [1.165, 1.54) is 207 Å². The lowest BCUT2D eigenvalue weighted by atomic mass is 9.47. The van der Waals surface area contributed by atoms with Crippen LogP contribution in [0.3, 0.4) is 0 Å². The van der Waals surface area contributed by atoms with Gasteiger partial charge < -0.3 is 42.8 Å². The van der Waals surface area contributed by atoms with E-state index in [2.05, 4.69) is 387 Å². The third-order valence-corrected chi connectivity index (χ3v) is 40.7. The fourth-order valence-corrected chi connectivity index (χ4v) is 33.9. The highest BCUT2D eigenvalue weighted by atomic mass is 32.2. The van der Waals surface area contributed by atoms with Gasteiger partial charge in [0.2, 0.25) is 23.1 Å². The second kappa shape index (κ2) is 28.9. The molecule has 0 radical (unpaired) electrons. The molecule has 6 saturated carbocycles. The molecule has 28 rings (SSSR count). The Morgan fingerprint density at radius 2 is 0.702 bits per heavy atom. The van der Waals surface area contributed by atoms with Crippen molar-refractivity contribution in [3.63, 3.8) is 0 Å². The molecule has 17 nitrogen and oxygen atoms in total. The molecule has 19 heteroatoms. The zero-order chi connectivity index (χ0) is 91.3. The van der Waals surface area contributed by atoms with Crippen LogP contribution in [0.25, 0.3) is 32.5 Å². The van der Waals surface area contributed by atoms with E-state index in [-0.39, 0.29) is 55.4 Å². The number of thiophene rings is 2. The Hall–Kier alpha value is -10.2. The summed E-state index contributed by atoms with van der Waals surface area (Å²) in [5.41, 5.74) is 30.7. The highest BCUT2D eigenvalue weighted by Gasteiger charge is 2.70. The molecule has 7 atom stereocenters. The molecule has 6 aliphatic carbocycles. The SMILES string of the molecule is Cc1cccc2c1N1C(C)c3c(n(C)c4nccn34)C1(C)C(C)(C)C2(C)C.Cc1cccc2c1N1C(C)c3c(sc4sccc34)C1(C)C(C)(C)C2(C)C.Cc1ccccc1N1C(C)c2c(n(C)c3nccn23)C12C1CC3CC(C1)CC2C3.Cc1ccccc1N1C(C)c2c(n(C)c3nccn23)C12CCCC2.Cc1ccccc1N1C(C)c2c(n(C)c3nccn23)C12CCCCC2. The molecule has 4 bridgehead atoms. The third-order valence-electron chi connectivity index (χ3n) is 38.3. The summed E-state index contributed by atoms with van der Waals surface area (Å²) < 4.78 is 20.3. The number of rotatable bonds is 3. The first-order valence-corrected chi connectivity index (χ1v) is 51.2. The number of nitrogens with zero attached hydrogens (tertiary/aromatic N) is 17. The van der Waals surface area contributed by atoms with Crippen molar-refractivity contribution in [3.05, 3.63) is 265 Å². The molecule has 5 aromatic carbocycles. The summed E-state index contributed by atoms with van der Waals surface area (Å²) in [6.45, 7) is 47.8. The first-order valence-electron chi connectivity index (χ1n) is 49.5. The van der Waals surface area contributed by atoms with Gasteiger partial charge in [0, 0.05) is 127 Å². The molecule has 0 amide bonds. The summed E-state index contributed by atoms with van der Waals surface area (Å²) in [5, 5.41) is 3.74. The minimum Gasteiger partial charge on any atom is -0.353 e. The maximum Gasteiger partial charge on any atom is 0.214 e. The number of hydrogen-bond donors (Lipinski definition) is 0. The van der Waals surface area contributed by atoms with Crippen LogP contribution in [0.5, 0.6) is 0 Å². The molecule has 0 saturated heterocycles. The van der Waals surface area contributed by atoms with E-state index in [1.807, 2.05) is 47.5 Å². The van der Waals surface area contributed by atoms with Crippen LogP contribution in [0.15, 0.2) is 170 Å². The number of fused-ring (bicyclic) bond motifs is 25. The maximum atomic E-state index is 4.73. The van der Waals surface area contributed by atoms with Gasteiger partial charge >= 0.3 is 0 Å². The quantitative estimate of drug-likeness (QED) is 0.171. The highest BCUT2D eigenvalue weighted by Crippen LogP contribution is 2.74. The van der Waals surface area contributed by atoms with Gasteiger partial charge in [0.05, 0.1) is 107 Å². The molecule has 3 spiro atoms. The summed E-state index contributed by atoms with van der Waals surface area (Å²) >= 11 is 3.94. The van der Waals surface area contributed by atoms with Crippen molar-refractivity contribution < 1.29 is 0 Å². The van der Waals surface area contributed by atoms with Crippen molar-refractivity contribution in [2.24, 2.45) is 62.7 Å². The van der Waals surface area contributed by atoms with Crippen LogP contribution in [-0.4, -0.2) is 55.8 Å². The number of benzene rings is 5. The molecule has 0 N–H and O–H groups in total. The first-order chi connectivity index (χ1) is 62.6. The Morgan fingerprint density at radius 3 is 1.14 bits per heavy atom. The van der Waals surface area contributed by atoms with E-state index in [0.717, 1.165) is 46.8 Å². The molecular weight excluding hydrogens is 1650 g/mol. The van der Waals surface area contributed by atoms with Crippen LogP contribution in [0.1, 0.15) is 319 Å². The zero-order valence-electron chi connectivity index (χ0n) is 82.2. The predicted octanol–water partition coefficient (Wildman–Crippen LogP) is 26.7. The standard InChI is InChI=1S/C25H30N4.C23H30N4.C23H27NS2.C21H26N4.C20H24N4/c1-15-6-4-5-7-21(15)29-16(2)22-23(27(3)24-26-8-9-28(22)24)25(29)19-11-17-10-18(13-19)14-20(25)12-17;1-14-10-9-11-16-17(14)27-15(2)18-19(25(8)20-24-12-13-26(18)20)23(27,7)22(5,6)21(16,3)4;1-13-9-8-10-16-18(13)24-14(2)17-15-11-12-25-20(15)26-19(17)23(24,7)22(5,6)21(16,3)4;1-15-9-5-6-10-17(15)25-16(2)18-19(21(25)11-7-4-8-12-21)23(3)20-22-13-14-24(18)20;1-14-8-4-5-9-16(14)24-15(2)17-18(20(24)10-6-7-11-20)22(3)19-21-12-13-23(17)19/h4-9,16-20H,10-14H2,1-3H3;9-13,15H,1-8H3;8-12,14H,1-7H3;5-6,9-10,13-14,16H,4,7-8,11-12H2,1-3H3;4-5,8-9,12-13,15H,6-7,10-11H2,1-3H3. The van der Waals surface area contributed by atoms with Gasteiger partial charge in [0.25, 0.3) is 0 Å². The second-order valence-corrected chi connectivity index (χ2v) is 46.9. The second-order valence-electron chi connectivity index (χ2n) is 44.7. The Balaban J connectivity index is 0.0000000932. The molecule has 7 unspecified atom stereocenters. The Bertz CT molecular complexity index is 7070. The van der Waals surface area contributed by atoms with Crippen molar-refractivity contribution in [2.75, 3.05) is 24.5 Å². The van der Waals surface area contributed by atoms with Gasteiger partial charge in [-0.25, -0.2) is 19.9 Å². The maximum absolute atomic E-state index is 4.73. The summed E-state index contributed by atoms with van der Waals surface area (Å²) in [4.78, 5) is 34.0. The molecular formula is C112H137N17S2. The summed E-state index contributed by atoms with van der Waals surface area (Å²) in [6.07, 6.45) is 34.9. The Kier molecular flexibility index (Phi) is 18.7. The van der Waals surface area contributed by atoms with E-state index >= 15 is 0 Å². The molecule has 13 aliphatic rings. The van der Waals surface area contributed by atoms with Crippen molar-refractivity contribution in [1.29, 1.82) is 0 Å². The Labute approximate surface area is 783 Å². The normalized spacial score (nSPS) is 27.7. The molecule has 15 aromatic rings. The van der Waals surface area contributed by atoms with E-state index in [4.69, 9.17) is 4.98 Å². The Morgan fingerprint density at radius 1 is 0.351 bits per heavy atom. The van der Waals surface area contributed by atoms with Gasteiger partial charge in [0.1, 0.15) is 0 Å². The van der Waals surface area contributed by atoms with Crippen molar-refractivity contribution in [3.8, 4) is 0 Å². The molecule has 17 heterocycles. The van der Waals surface area contributed by atoms with Gasteiger partial charge in [-0.3, -0.25) is 17.6 Å². The van der Waals surface area contributed by atoms with Crippen molar-refractivity contribution in [2.45, 2.75) is 297 Å². The number of hydrogen-bond acceptors (Lipinski definition) is 11. The average molecular weight is 1790 g/mol.